The topological polar surface area (TPSA) is 38.0 Å². The van der Waals surface area contributed by atoms with Gasteiger partial charge in [-0.1, -0.05) is 17.7 Å². The summed E-state index contributed by atoms with van der Waals surface area (Å²) in [6.45, 7) is 0. The van der Waals surface area contributed by atoms with Gasteiger partial charge in [0.05, 0.1) is 11.1 Å². The highest BCUT2D eigenvalue weighted by Gasteiger charge is 2.11. The summed E-state index contributed by atoms with van der Waals surface area (Å²) in [6.07, 6.45) is 0.674. The Labute approximate surface area is 108 Å². The summed E-state index contributed by atoms with van der Waals surface area (Å²) in [5, 5.41) is 4.18. The van der Waals surface area contributed by atoms with E-state index in [9.17, 15) is 4.39 Å². The summed E-state index contributed by atoms with van der Waals surface area (Å²) >= 11 is 7.36. The number of halogens is 2. The molecule has 0 radical (unpaired) electrons. The van der Waals surface area contributed by atoms with Crippen LogP contribution in [0.1, 0.15) is 17.2 Å². The predicted molar refractivity (Wildman–Crippen MR) is 69.5 cm³/mol. The van der Waals surface area contributed by atoms with Gasteiger partial charge in [-0.15, -0.1) is 0 Å². The zero-order chi connectivity index (χ0) is 12.3. The van der Waals surface area contributed by atoms with Crippen molar-refractivity contribution in [1.29, 1.82) is 0 Å². The van der Waals surface area contributed by atoms with E-state index in [0.29, 0.717) is 6.42 Å². The summed E-state index contributed by atoms with van der Waals surface area (Å²) in [5.74, 6) is 5.13. The molecule has 0 saturated carbocycles. The first-order chi connectivity index (χ1) is 8.20. The molecule has 1 atom stereocenters. The molecule has 1 heterocycles. The largest absolute Gasteiger partial charge is 0.271 e. The summed E-state index contributed by atoms with van der Waals surface area (Å²) < 4.78 is 13.0. The van der Waals surface area contributed by atoms with Crippen molar-refractivity contribution in [1.82, 2.24) is 5.43 Å². The normalized spacial score (nSPS) is 12.6. The quantitative estimate of drug-likeness (QED) is 0.661. The van der Waals surface area contributed by atoms with Gasteiger partial charge in [0.15, 0.2) is 0 Å². The maximum atomic E-state index is 13.0. The van der Waals surface area contributed by atoms with Crippen molar-refractivity contribution >= 4 is 22.9 Å². The molecule has 0 aliphatic heterocycles. The lowest BCUT2D eigenvalue weighted by Crippen LogP contribution is -2.29. The second kappa shape index (κ2) is 5.60. The molecule has 5 heteroatoms. The zero-order valence-corrected chi connectivity index (χ0v) is 10.6. The van der Waals surface area contributed by atoms with Crippen molar-refractivity contribution in [2.24, 2.45) is 5.84 Å². The van der Waals surface area contributed by atoms with Gasteiger partial charge >= 0.3 is 0 Å². The molecule has 0 spiro atoms. The van der Waals surface area contributed by atoms with E-state index in [1.54, 1.807) is 23.5 Å². The first-order valence-corrected chi connectivity index (χ1v) is 6.45. The number of thiophene rings is 1. The number of hydrazine groups is 1. The lowest BCUT2D eigenvalue weighted by molar-refractivity contribution is 0.552. The highest BCUT2D eigenvalue weighted by Crippen LogP contribution is 2.23. The van der Waals surface area contributed by atoms with Gasteiger partial charge in [0.1, 0.15) is 5.82 Å². The Morgan fingerprint density at radius 3 is 2.82 bits per heavy atom. The molecule has 0 bridgehead atoms. The zero-order valence-electron chi connectivity index (χ0n) is 8.99. The van der Waals surface area contributed by atoms with Crippen LogP contribution in [0.25, 0.3) is 0 Å². The lowest BCUT2D eigenvalue weighted by atomic mass is 10.0. The number of hydrogen-bond acceptors (Lipinski definition) is 3. The Morgan fingerprint density at radius 2 is 2.24 bits per heavy atom. The van der Waals surface area contributed by atoms with Gasteiger partial charge < -0.3 is 0 Å². The Hall–Kier alpha value is -0.940. The maximum Gasteiger partial charge on any atom is 0.141 e. The Morgan fingerprint density at radius 1 is 1.41 bits per heavy atom. The van der Waals surface area contributed by atoms with E-state index in [-0.39, 0.29) is 11.1 Å². The van der Waals surface area contributed by atoms with Gasteiger partial charge in [-0.25, -0.2) is 4.39 Å². The van der Waals surface area contributed by atoms with E-state index in [2.05, 4.69) is 5.43 Å². The molecule has 17 heavy (non-hydrogen) atoms. The van der Waals surface area contributed by atoms with Crippen molar-refractivity contribution in [2.75, 3.05) is 0 Å². The number of benzene rings is 1. The van der Waals surface area contributed by atoms with E-state index in [1.807, 2.05) is 16.8 Å². The van der Waals surface area contributed by atoms with E-state index in [0.717, 1.165) is 11.1 Å². The maximum absolute atomic E-state index is 13.0. The molecule has 2 rings (SSSR count). The van der Waals surface area contributed by atoms with Crippen LogP contribution >= 0.6 is 22.9 Å². The molecule has 2 aromatic rings. The first-order valence-electron chi connectivity index (χ1n) is 5.13. The number of nitrogens with two attached hydrogens (primary N) is 1. The van der Waals surface area contributed by atoms with Crippen LogP contribution in [0.3, 0.4) is 0 Å². The van der Waals surface area contributed by atoms with Crippen LogP contribution in [0, 0.1) is 5.82 Å². The molecule has 0 aliphatic carbocycles. The second-order valence-corrected chi connectivity index (χ2v) is 4.92. The van der Waals surface area contributed by atoms with Gasteiger partial charge in [-0.3, -0.25) is 11.3 Å². The van der Waals surface area contributed by atoms with E-state index < -0.39 is 5.82 Å². The highest BCUT2D eigenvalue weighted by atomic mass is 35.5. The fourth-order valence-corrected chi connectivity index (χ4v) is 2.57. The molecule has 1 aromatic heterocycles. The second-order valence-electron chi connectivity index (χ2n) is 3.73. The minimum Gasteiger partial charge on any atom is -0.271 e. The third-order valence-electron chi connectivity index (χ3n) is 2.57. The smallest absolute Gasteiger partial charge is 0.141 e. The monoisotopic (exact) mass is 270 g/mol. The Bertz CT molecular complexity index is 487. The molecule has 2 nitrogen and oxygen atoms in total. The van der Waals surface area contributed by atoms with Gasteiger partial charge in [0.2, 0.25) is 0 Å². The minimum atomic E-state index is -0.400. The number of hydrogen-bond donors (Lipinski definition) is 2. The molecule has 90 valence electrons. The van der Waals surface area contributed by atoms with Crippen LogP contribution in [0.2, 0.25) is 5.02 Å². The van der Waals surface area contributed by atoms with Crippen molar-refractivity contribution in [3.8, 4) is 0 Å². The van der Waals surface area contributed by atoms with Crippen molar-refractivity contribution in [3.05, 3.63) is 57.0 Å². The summed E-state index contributed by atoms with van der Waals surface area (Å²) in [5.41, 5.74) is 4.83. The van der Waals surface area contributed by atoms with Crippen LogP contribution in [0.15, 0.2) is 35.0 Å². The summed E-state index contributed by atoms with van der Waals surface area (Å²) in [4.78, 5) is 0. The van der Waals surface area contributed by atoms with E-state index in [4.69, 9.17) is 17.4 Å². The third-order valence-corrected chi connectivity index (χ3v) is 3.56. The molecular formula is C12H12ClFN2S. The van der Waals surface area contributed by atoms with Crippen LogP contribution in [0.5, 0.6) is 0 Å². The molecule has 0 aliphatic rings. The summed E-state index contributed by atoms with van der Waals surface area (Å²) in [6, 6.07) is 6.76. The van der Waals surface area contributed by atoms with E-state index in [1.165, 1.54) is 6.07 Å². The third kappa shape index (κ3) is 3.04. The van der Waals surface area contributed by atoms with Crippen LogP contribution < -0.4 is 11.3 Å². The average Bonchev–Trinajstić information content (AvgIpc) is 2.84. The predicted octanol–water partition coefficient (Wildman–Crippen LogP) is 3.29. The fourth-order valence-electron chi connectivity index (χ4n) is 1.65. The van der Waals surface area contributed by atoms with Gasteiger partial charge in [0, 0.05) is 0 Å². The Balaban J connectivity index is 2.16. The van der Waals surface area contributed by atoms with Gasteiger partial charge in [-0.2, -0.15) is 11.3 Å². The minimum absolute atomic E-state index is 0.0165. The van der Waals surface area contributed by atoms with Crippen molar-refractivity contribution in [3.63, 3.8) is 0 Å². The number of rotatable bonds is 4. The van der Waals surface area contributed by atoms with Gasteiger partial charge in [-0.05, 0) is 46.5 Å². The molecule has 1 unspecified atom stereocenters. The molecule has 0 saturated heterocycles. The van der Waals surface area contributed by atoms with Crippen LogP contribution in [-0.2, 0) is 6.42 Å². The van der Waals surface area contributed by atoms with Crippen LogP contribution in [-0.4, -0.2) is 0 Å². The first kappa shape index (κ1) is 12.5. The van der Waals surface area contributed by atoms with Gasteiger partial charge in [0.25, 0.3) is 0 Å². The highest BCUT2D eigenvalue weighted by molar-refractivity contribution is 7.07. The molecule has 3 N–H and O–H groups in total. The molecular weight excluding hydrogens is 259 g/mol. The van der Waals surface area contributed by atoms with Crippen molar-refractivity contribution < 1.29 is 4.39 Å². The lowest BCUT2D eigenvalue weighted by Gasteiger charge is -2.14. The van der Waals surface area contributed by atoms with Crippen LogP contribution in [0.4, 0.5) is 4.39 Å². The van der Waals surface area contributed by atoms with Crippen molar-refractivity contribution in [2.45, 2.75) is 12.5 Å². The fraction of sp³-hybridized carbons (Fsp3) is 0.167. The van der Waals surface area contributed by atoms with E-state index >= 15 is 0 Å². The SMILES string of the molecule is NNC(Cc1ccc(F)c(Cl)c1)c1ccsc1. The molecule has 0 fully saturated rings. The number of nitrogens with one attached hydrogen (secondary N) is 1. The molecule has 1 aromatic carbocycles. The average molecular weight is 271 g/mol. The molecule has 0 amide bonds. The standard InChI is InChI=1S/C12H12ClFN2S/c13-10-5-8(1-2-11(10)14)6-12(16-15)9-3-4-17-7-9/h1-5,7,12,16H,6,15H2. The summed E-state index contributed by atoms with van der Waals surface area (Å²) in [7, 11) is 0. The Kier molecular flexibility index (Phi) is 4.12.